The standard InChI is InChI=1S/C18H15F3N2O2/c1-12-5-4-6-13(11-12)9-10-16(24)22-14-7-2-3-8-15(14)23-17(25)18(19,20)21/h2-11H,1H3,(H,22,24)(H,23,25)/b10-9+. The van der Waals surface area contributed by atoms with E-state index in [-0.39, 0.29) is 11.4 Å². The number of carbonyl (C=O) groups excluding carboxylic acids is 2. The van der Waals surface area contributed by atoms with Crippen LogP contribution in [0.15, 0.2) is 54.6 Å². The number of benzene rings is 2. The van der Waals surface area contributed by atoms with Gasteiger partial charge in [0.15, 0.2) is 0 Å². The van der Waals surface area contributed by atoms with Gasteiger partial charge in [0, 0.05) is 6.08 Å². The zero-order chi connectivity index (χ0) is 18.4. The molecule has 0 aliphatic heterocycles. The summed E-state index contributed by atoms with van der Waals surface area (Å²) in [5.41, 5.74) is 1.78. The van der Waals surface area contributed by atoms with Crippen molar-refractivity contribution in [2.75, 3.05) is 10.6 Å². The van der Waals surface area contributed by atoms with E-state index in [1.54, 1.807) is 11.4 Å². The summed E-state index contributed by atoms with van der Waals surface area (Å²) in [6.45, 7) is 1.91. The number of halogens is 3. The highest BCUT2D eigenvalue weighted by molar-refractivity contribution is 6.06. The summed E-state index contributed by atoms with van der Waals surface area (Å²) in [6, 6.07) is 13.1. The van der Waals surface area contributed by atoms with E-state index in [1.165, 1.54) is 30.3 Å². The molecule has 130 valence electrons. The van der Waals surface area contributed by atoms with Crippen LogP contribution in [-0.4, -0.2) is 18.0 Å². The molecule has 25 heavy (non-hydrogen) atoms. The lowest BCUT2D eigenvalue weighted by molar-refractivity contribution is -0.167. The summed E-state index contributed by atoms with van der Waals surface area (Å²) < 4.78 is 37.1. The van der Waals surface area contributed by atoms with Crippen LogP contribution in [0.1, 0.15) is 11.1 Å². The van der Waals surface area contributed by atoms with E-state index in [0.29, 0.717) is 0 Å². The van der Waals surface area contributed by atoms with Gasteiger partial charge in [0.25, 0.3) is 0 Å². The van der Waals surface area contributed by atoms with Gasteiger partial charge in [0.05, 0.1) is 11.4 Å². The van der Waals surface area contributed by atoms with Crippen LogP contribution in [-0.2, 0) is 9.59 Å². The molecule has 2 aromatic rings. The fourth-order valence-electron chi connectivity index (χ4n) is 2.01. The SMILES string of the molecule is Cc1cccc(/C=C/C(=O)Nc2ccccc2NC(=O)C(F)(F)F)c1. The van der Waals surface area contributed by atoms with Crippen molar-refractivity contribution in [2.45, 2.75) is 13.1 Å². The van der Waals surface area contributed by atoms with E-state index in [2.05, 4.69) is 5.32 Å². The van der Waals surface area contributed by atoms with Crippen molar-refractivity contribution >= 4 is 29.3 Å². The van der Waals surface area contributed by atoms with Crippen molar-refractivity contribution < 1.29 is 22.8 Å². The highest BCUT2D eigenvalue weighted by Crippen LogP contribution is 2.24. The Hall–Kier alpha value is -3.09. The van der Waals surface area contributed by atoms with Gasteiger partial charge in [0.2, 0.25) is 5.91 Å². The van der Waals surface area contributed by atoms with Gasteiger partial charge in [-0.1, -0.05) is 42.0 Å². The minimum Gasteiger partial charge on any atom is -0.321 e. The van der Waals surface area contributed by atoms with Crippen molar-refractivity contribution in [1.29, 1.82) is 0 Å². The Balaban J connectivity index is 2.09. The maximum absolute atomic E-state index is 12.4. The highest BCUT2D eigenvalue weighted by Gasteiger charge is 2.38. The second-order valence-electron chi connectivity index (χ2n) is 5.23. The first-order chi connectivity index (χ1) is 11.8. The molecule has 0 saturated carbocycles. The first-order valence-corrected chi connectivity index (χ1v) is 7.28. The second kappa shape index (κ2) is 7.65. The lowest BCUT2D eigenvalue weighted by Crippen LogP contribution is -2.30. The van der Waals surface area contributed by atoms with Crippen LogP contribution in [0.3, 0.4) is 0 Å². The van der Waals surface area contributed by atoms with E-state index in [0.717, 1.165) is 11.1 Å². The largest absolute Gasteiger partial charge is 0.471 e. The lowest BCUT2D eigenvalue weighted by Gasteiger charge is -2.12. The molecule has 0 unspecified atom stereocenters. The van der Waals surface area contributed by atoms with E-state index in [9.17, 15) is 22.8 Å². The average Bonchev–Trinajstić information content (AvgIpc) is 2.54. The van der Waals surface area contributed by atoms with Crippen LogP contribution in [0.5, 0.6) is 0 Å². The predicted molar refractivity (Wildman–Crippen MR) is 90.0 cm³/mol. The number of anilines is 2. The van der Waals surface area contributed by atoms with E-state index in [1.807, 2.05) is 31.2 Å². The molecular weight excluding hydrogens is 333 g/mol. The summed E-state index contributed by atoms with van der Waals surface area (Å²) in [5.74, 6) is -2.64. The number of para-hydroxylation sites is 2. The molecule has 0 heterocycles. The van der Waals surface area contributed by atoms with Gasteiger partial charge in [-0.15, -0.1) is 0 Å². The van der Waals surface area contributed by atoms with Crippen LogP contribution in [0.25, 0.3) is 6.08 Å². The summed E-state index contributed by atoms with van der Waals surface area (Å²) in [4.78, 5) is 23.0. The van der Waals surface area contributed by atoms with Crippen molar-refractivity contribution in [3.8, 4) is 0 Å². The summed E-state index contributed by atoms with van der Waals surface area (Å²) in [5, 5.41) is 4.18. The summed E-state index contributed by atoms with van der Waals surface area (Å²) in [7, 11) is 0. The third-order valence-corrected chi connectivity index (χ3v) is 3.16. The first kappa shape index (κ1) is 18.3. The minimum atomic E-state index is -5.01. The van der Waals surface area contributed by atoms with Crippen LogP contribution >= 0.6 is 0 Å². The summed E-state index contributed by atoms with van der Waals surface area (Å²) >= 11 is 0. The van der Waals surface area contributed by atoms with E-state index < -0.39 is 18.0 Å². The molecule has 0 radical (unpaired) electrons. The highest BCUT2D eigenvalue weighted by atomic mass is 19.4. The maximum Gasteiger partial charge on any atom is 0.471 e. The van der Waals surface area contributed by atoms with Gasteiger partial charge in [-0.2, -0.15) is 13.2 Å². The molecule has 2 N–H and O–H groups in total. The Morgan fingerprint density at radius 2 is 1.60 bits per heavy atom. The molecule has 0 atom stereocenters. The third-order valence-electron chi connectivity index (χ3n) is 3.16. The smallest absolute Gasteiger partial charge is 0.321 e. The Labute approximate surface area is 142 Å². The molecular formula is C18H15F3N2O2. The number of amides is 2. The fourth-order valence-corrected chi connectivity index (χ4v) is 2.01. The number of hydrogen-bond donors (Lipinski definition) is 2. The Bertz CT molecular complexity index is 814. The number of nitrogens with one attached hydrogen (secondary N) is 2. The van der Waals surface area contributed by atoms with Crippen molar-refractivity contribution in [2.24, 2.45) is 0 Å². The van der Waals surface area contributed by atoms with Gasteiger partial charge in [0.1, 0.15) is 0 Å². The number of rotatable bonds is 4. The third kappa shape index (κ3) is 5.49. The molecule has 0 aromatic heterocycles. The van der Waals surface area contributed by atoms with Gasteiger partial charge >= 0.3 is 12.1 Å². The van der Waals surface area contributed by atoms with Crippen LogP contribution < -0.4 is 10.6 Å². The monoisotopic (exact) mass is 348 g/mol. The van der Waals surface area contributed by atoms with Crippen molar-refractivity contribution in [1.82, 2.24) is 0 Å². The maximum atomic E-state index is 12.4. The number of carbonyl (C=O) groups is 2. The zero-order valence-electron chi connectivity index (χ0n) is 13.2. The quantitative estimate of drug-likeness (QED) is 0.816. The molecule has 2 rings (SSSR count). The Morgan fingerprint density at radius 1 is 0.960 bits per heavy atom. The van der Waals surface area contributed by atoms with E-state index in [4.69, 9.17) is 0 Å². The number of alkyl halides is 3. The first-order valence-electron chi connectivity index (χ1n) is 7.28. The predicted octanol–water partition coefficient (Wildman–Crippen LogP) is 4.15. The fraction of sp³-hybridized carbons (Fsp3) is 0.111. The topological polar surface area (TPSA) is 58.2 Å². The van der Waals surface area contributed by atoms with Crippen LogP contribution in [0.4, 0.5) is 24.5 Å². The van der Waals surface area contributed by atoms with E-state index >= 15 is 0 Å². The molecule has 0 saturated heterocycles. The number of aryl methyl sites for hydroxylation is 1. The molecule has 2 aromatic carbocycles. The Kier molecular flexibility index (Phi) is 5.59. The number of hydrogen-bond acceptors (Lipinski definition) is 2. The van der Waals surface area contributed by atoms with Crippen LogP contribution in [0.2, 0.25) is 0 Å². The minimum absolute atomic E-state index is 0.0685. The van der Waals surface area contributed by atoms with Crippen molar-refractivity contribution in [3.05, 3.63) is 65.7 Å². The van der Waals surface area contributed by atoms with Crippen molar-refractivity contribution in [3.63, 3.8) is 0 Å². The van der Waals surface area contributed by atoms with Gasteiger partial charge in [-0.05, 0) is 30.7 Å². The Morgan fingerprint density at radius 3 is 2.20 bits per heavy atom. The summed E-state index contributed by atoms with van der Waals surface area (Å²) in [6.07, 6.45) is -2.17. The molecule has 0 aliphatic carbocycles. The van der Waals surface area contributed by atoms with Gasteiger partial charge < -0.3 is 10.6 Å². The molecule has 0 fully saturated rings. The molecule has 7 heteroatoms. The molecule has 2 amide bonds. The molecule has 0 aliphatic rings. The normalized spacial score (nSPS) is 11.4. The molecule has 0 bridgehead atoms. The zero-order valence-corrected chi connectivity index (χ0v) is 13.2. The molecule has 4 nitrogen and oxygen atoms in total. The van der Waals surface area contributed by atoms with Gasteiger partial charge in [-0.25, -0.2) is 0 Å². The molecule has 0 spiro atoms. The second-order valence-corrected chi connectivity index (χ2v) is 5.23. The lowest BCUT2D eigenvalue weighted by atomic mass is 10.1. The van der Waals surface area contributed by atoms with Gasteiger partial charge in [-0.3, -0.25) is 9.59 Å². The average molecular weight is 348 g/mol. The van der Waals surface area contributed by atoms with Crippen LogP contribution in [0, 0.1) is 6.92 Å².